The lowest BCUT2D eigenvalue weighted by atomic mass is 10.2. The van der Waals surface area contributed by atoms with Crippen LogP contribution in [0.25, 0.3) is 0 Å². The number of rotatable bonds is 6. The third-order valence-corrected chi connectivity index (χ3v) is 4.77. The number of carbonyl (C=O) groups is 2. The number of hydrazone groups is 1. The average Bonchev–Trinajstić information content (AvgIpc) is 2.75. The van der Waals surface area contributed by atoms with E-state index in [0.29, 0.717) is 28.1 Å². The van der Waals surface area contributed by atoms with Crippen LogP contribution in [0.3, 0.4) is 0 Å². The van der Waals surface area contributed by atoms with Gasteiger partial charge in [-0.05, 0) is 61.0 Å². The first kappa shape index (κ1) is 22.3. The summed E-state index contributed by atoms with van der Waals surface area (Å²) in [6.07, 6.45) is 1.43. The lowest BCUT2D eigenvalue weighted by Crippen LogP contribution is -2.32. The van der Waals surface area contributed by atoms with Gasteiger partial charge in [0.15, 0.2) is 0 Å². The number of anilines is 1. The predicted octanol–water partition coefficient (Wildman–Crippen LogP) is 4.97. The van der Waals surface area contributed by atoms with E-state index in [1.165, 1.54) is 6.21 Å². The van der Waals surface area contributed by atoms with Crippen molar-refractivity contribution >= 4 is 46.9 Å². The molecule has 0 fully saturated rings. The van der Waals surface area contributed by atoms with Crippen molar-refractivity contribution in [3.05, 3.63) is 93.5 Å². The smallest absolute Gasteiger partial charge is 0.329 e. The highest BCUT2D eigenvalue weighted by Crippen LogP contribution is 2.22. The van der Waals surface area contributed by atoms with E-state index in [1.807, 2.05) is 25.1 Å². The van der Waals surface area contributed by atoms with Crippen molar-refractivity contribution in [2.24, 2.45) is 5.10 Å². The molecule has 0 aliphatic heterocycles. The summed E-state index contributed by atoms with van der Waals surface area (Å²) in [6.45, 7) is 2.23. The first-order valence-corrected chi connectivity index (χ1v) is 10.0. The molecule has 0 aliphatic carbocycles. The highest BCUT2D eigenvalue weighted by Gasteiger charge is 2.12. The molecule has 2 amide bonds. The van der Waals surface area contributed by atoms with Gasteiger partial charge in [0.1, 0.15) is 12.4 Å². The van der Waals surface area contributed by atoms with Crippen LogP contribution in [-0.2, 0) is 16.2 Å². The third kappa shape index (κ3) is 6.84. The molecule has 8 heteroatoms. The van der Waals surface area contributed by atoms with Gasteiger partial charge in [-0.1, -0.05) is 47.0 Å². The Balaban J connectivity index is 1.48. The zero-order valence-corrected chi connectivity index (χ0v) is 18.1. The maximum absolute atomic E-state index is 11.9. The summed E-state index contributed by atoms with van der Waals surface area (Å²) in [5, 5.41) is 7.41. The number of ether oxygens (including phenoxy) is 1. The van der Waals surface area contributed by atoms with Crippen molar-refractivity contribution in [3.63, 3.8) is 0 Å². The van der Waals surface area contributed by atoms with Crippen molar-refractivity contribution in [2.45, 2.75) is 13.5 Å². The number of aryl methyl sites for hydroxylation is 1. The summed E-state index contributed by atoms with van der Waals surface area (Å²) in [4.78, 5) is 23.7. The Morgan fingerprint density at radius 2 is 1.68 bits per heavy atom. The fourth-order valence-corrected chi connectivity index (χ4v) is 2.95. The van der Waals surface area contributed by atoms with Crippen LogP contribution in [0.4, 0.5) is 5.69 Å². The molecule has 0 saturated carbocycles. The molecule has 3 rings (SSSR count). The number of nitrogens with one attached hydrogen (secondary N) is 2. The molecule has 158 valence electrons. The fraction of sp³-hybridized carbons (Fsp3) is 0.0870. The highest BCUT2D eigenvalue weighted by molar-refractivity contribution is 6.39. The second-order valence-electron chi connectivity index (χ2n) is 6.61. The zero-order chi connectivity index (χ0) is 22.2. The fourth-order valence-electron chi connectivity index (χ4n) is 2.49. The van der Waals surface area contributed by atoms with Crippen molar-refractivity contribution in [1.82, 2.24) is 5.43 Å². The van der Waals surface area contributed by atoms with Crippen LogP contribution in [0.15, 0.2) is 71.8 Å². The van der Waals surface area contributed by atoms with Crippen LogP contribution in [-0.4, -0.2) is 18.0 Å². The molecule has 0 heterocycles. The highest BCUT2D eigenvalue weighted by atomic mass is 35.5. The minimum Gasteiger partial charge on any atom is -0.489 e. The molecular formula is C23H19Cl2N3O3. The molecule has 0 atom stereocenters. The van der Waals surface area contributed by atoms with E-state index < -0.39 is 11.8 Å². The summed E-state index contributed by atoms with van der Waals surface area (Å²) >= 11 is 12.0. The third-order valence-electron chi connectivity index (χ3n) is 4.18. The van der Waals surface area contributed by atoms with Crippen molar-refractivity contribution < 1.29 is 14.3 Å². The minimum atomic E-state index is -0.864. The van der Waals surface area contributed by atoms with Gasteiger partial charge in [0.25, 0.3) is 0 Å². The van der Waals surface area contributed by atoms with Gasteiger partial charge in [0.05, 0.1) is 6.21 Å². The monoisotopic (exact) mass is 455 g/mol. The topological polar surface area (TPSA) is 79.8 Å². The summed E-state index contributed by atoms with van der Waals surface area (Å²) in [5.74, 6) is -1.02. The number of amides is 2. The molecule has 31 heavy (non-hydrogen) atoms. The summed E-state index contributed by atoms with van der Waals surface area (Å²) < 4.78 is 5.71. The molecule has 6 nitrogen and oxygen atoms in total. The molecule has 0 aliphatic rings. The number of carbonyl (C=O) groups excluding carboxylic acids is 2. The summed E-state index contributed by atoms with van der Waals surface area (Å²) in [5.41, 5.74) is 5.32. The molecule has 2 N–H and O–H groups in total. The van der Waals surface area contributed by atoms with E-state index >= 15 is 0 Å². The average molecular weight is 456 g/mol. The largest absolute Gasteiger partial charge is 0.489 e. The Kier molecular flexibility index (Phi) is 7.65. The molecule has 0 saturated heterocycles. The van der Waals surface area contributed by atoms with E-state index in [1.54, 1.807) is 48.5 Å². The van der Waals surface area contributed by atoms with E-state index in [4.69, 9.17) is 27.9 Å². The molecule has 0 spiro atoms. The first-order chi connectivity index (χ1) is 14.9. The van der Waals surface area contributed by atoms with Crippen LogP contribution in [0.5, 0.6) is 5.75 Å². The molecule has 3 aromatic rings. The van der Waals surface area contributed by atoms with Crippen LogP contribution in [0.2, 0.25) is 10.0 Å². The lowest BCUT2D eigenvalue weighted by Gasteiger charge is -2.08. The lowest BCUT2D eigenvalue weighted by molar-refractivity contribution is -0.136. The summed E-state index contributed by atoms with van der Waals surface area (Å²) in [7, 11) is 0. The molecule has 0 radical (unpaired) electrons. The van der Waals surface area contributed by atoms with Gasteiger partial charge in [-0.2, -0.15) is 5.10 Å². The SMILES string of the molecule is Cc1ccc(NC(=O)C(=O)N/N=C\c2ccc(OCc3ccc(Cl)cc3Cl)cc2)cc1. The molecule has 0 bridgehead atoms. The number of hydrogen-bond donors (Lipinski definition) is 2. The van der Waals surface area contributed by atoms with Crippen molar-refractivity contribution in [1.29, 1.82) is 0 Å². The molecule has 0 aromatic heterocycles. The van der Waals surface area contributed by atoms with Gasteiger partial charge in [-0.25, -0.2) is 5.43 Å². The molecule has 0 unspecified atom stereocenters. The Morgan fingerprint density at radius 3 is 2.35 bits per heavy atom. The second kappa shape index (κ2) is 10.6. The number of benzene rings is 3. The van der Waals surface area contributed by atoms with Gasteiger partial charge in [-0.15, -0.1) is 0 Å². The summed E-state index contributed by atoms with van der Waals surface area (Å²) in [6, 6.07) is 19.4. The minimum absolute atomic E-state index is 0.301. The van der Waals surface area contributed by atoms with Crippen LogP contribution in [0.1, 0.15) is 16.7 Å². The van der Waals surface area contributed by atoms with Gasteiger partial charge >= 0.3 is 11.8 Å². The van der Waals surface area contributed by atoms with Gasteiger partial charge in [0, 0.05) is 21.3 Å². The maximum atomic E-state index is 11.9. The van der Waals surface area contributed by atoms with Crippen LogP contribution in [0, 0.1) is 6.92 Å². The van der Waals surface area contributed by atoms with E-state index in [9.17, 15) is 9.59 Å². The standard InChI is InChI=1S/C23H19Cl2N3O3/c1-15-2-8-19(9-3-15)27-22(29)23(30)28-26-13-16-4-10-20(11-5-16)31-14-17-6-7-18(24)12-21(17)25/h2-13H,14H2,1H3,(H,27,29)(H,28,30)/b26-13-. The van der Waals surface area contributed by atoms with E-state index in [-0.39, 0.29) is 0 Å². The van der Waals surface area contributed by atoms with Crippen molar-refractivity contribution in [2.75, 3.05) is 5.32 Å². The van der Waals surface area contributed by atoms with Crippen LogP contribution >= 0.6 is 23.2 Å². The van der Waals surface area contributed by atoms with Crippen LogP contribution < -0.4 is 15.5 Å². The number of nitrogens with zero attached hydrogens (tertiary/aromatic N) is 1. The number of hydrogen-bond acceptors (Lipinski definition) is 4. The second-order valence-corrected chi connectivity index (χ2v) is 7.46. The Morgan fingerprint density at radius 1 is 0.968 bits per heavy atom. The molecule has 3 aromatic carbocycles. The van der Waals surface area contributed by atoms with E-state index in [2.05, 4.69) is 15.8 Å². The van der Waals surface area contributed by atoms with Gasteiger partial charge < -0.3 is 10.1 Å². The normalized spacial score (nSPS) is 10.7. The quantitative estimate of drug-likeness (QED) is 0.312. The zero-order valence-electron chi connectivity index (χ0n) is 16.6. The first-order valence-electron chi connectivity index (χ1n) is 9.28. The van der Waals surface area contributed by atoms with Gasteiger partial charge in [-0.3, -0.25) is 9.59 Å². The Labute approximate surface area is 189 Å². The Bertz CT molecular complexity index is 1100. The van der Waals surface area contributed by atoms with Crippen molar-refractivity contribution in [3.8, 4) is 5.75 Å². The number of halogens is 2. The predicted molar refractivity (Wildman–Crippen MR) is 123 cm³/mol. The Hall–Kier alpha value is -3.35. The van der Waals surface area contributed by atoms with E-state index in [0.717, 1.165) is 16.7 Å². The molecular weight excluding hydrogens is 437 g/mol. The maximum Gasteiger partial charge on any atom is 0.329 e. The van der Waals surface area contributed by atoms with Gasteiger partial charge in [0.2, 0.25) is 0 Å².